The molecule has 0 aromatic heterocycles. The van der Waals surface area contributed by atoms with Crippen LogP contribution in [0.5, 0.6) is 0 Å². The predicted molar refractivity (Wildman–Crippen MR) is 155 cm³/mol. The van der Waals surface area contributed by atoms with E-state index in [-0.39, 0.29) is 11.8 Å². The number of hydrogen-bond donors (Lipinski definition) is 2. The molecule has 1 amide bonds. The van der Waals surface area contributed by atoms with Gasteiger partial charge in [-0.05, 0) is 54.9 Å². The van der Waals surface area contributed by atoms with Crippen LogP contribution in [0.1, 0.15) is 76.8 Å². The number of terminal acetylenes is 1. The number of rotatable bonds is 8. The van der Waals surface area contributed by atoms with Gasteiger partial charge in [0, 0.05) is 12.7 Å². The van der Waals surface area contributed by atoms with E-state index in [2.05, 4.69) is 73.7 Å². The normalized spacial score (nSPS) is 13.8. The zero-order valence-electron chi connectivity index (χ0n) is 22.8. The third-order valence-corrected chi connectivity index (χ3v) is 5.70. The highest BCUT2D eigenvalue weighted by Crippen LogP contribution is 2.28. The molecule has 194 valence electrons. The second-order valence-electron chi connectivity index (χ2n) is 8.11. The van der Waals surface area contributed by atoms with Crippen LogP contribution in [-0.2, 0) is 9.59 Å². The molecule has 2 N–H and O–H groups in total. The van der Waals surface area contributed by atoms with Crippen molar-refractivity contribution in [2.24, 2.45) is 0 Å². The lowest BCUT2D eigenvalue weighted by Gasteiger charge is -2.21. The molecule has 2 aromatic carbocycles. The number of anilines is 1. The highest BCUT2D eigenvalue weighted by molar-refractivity contribution is 5.89. The minimum absolute atomic E-state index is 0.131. The van der Waals surface area contributed by atoms with Crippen molar-refractivity contribution in [3.05, 3.63) is 89.5 Å². The molecule has 0 spiro atoms. The minimum atomic E-state index is -0.470. The number of carbonyl (C=O) groups excluding carboxylic acids is 2. The van der Waals surface area contributed by atoms with Gasteiger partial charge >= 0.3 is 0 Å². The molecule has 0 saturated heterocycles. The fourth-order valence-corrected chi connectivity index (χ4v) is 3.70. The maximum Gasteiger partial charge on any atom is 0.232 e. The Morgan fingerprint density at radius 3 is 2.14 bits per heavy atom. The molecule has 2 aromatic rings. The van der Waals surface area contributed by atoms with Gasteiger partial charge in [-0.2, -0.15) is 0 Å². The summed E-state index contributed by atoms with van der Waals surface area (Å²) >= 11 is 0. The Bertz CT molecular complexity index is 960. The summed E-state index contributed by atoms with van der Waals surface area (Å²) in [6.45, 7) is 10.2. The number of amides is 1. The van der Waals surface area contributed by atoms with Crippen molar-refractivity contribution in [1.82, 2.24) is 5.32 Å². The van der Waals surface area contributed by atoms with Gasteiger partial charge in [0.2, 0.25) is 5.91 Å². The number of para-hydroxylation sites is 1. The lowest BCUT2D eigenvalue weighted by atomic mass is 9.87. The van der Waals surface area contributed by atoms with Crippen molar-refractivity contribution in [2.45, 2.75) is 71.8 Å². The van der Waals surface area contributed by atoms with Gasteiger partial charge in [-0.1, -0.05) is 94.5 Å². The zero-order chi connectivity index (χ0) is 27.3. The van der Waals surface area contributed by atoms with Crippen molar-refractivity contribution >= 4 is 17.9 Å². The van der Waals surface area contributed by atoms with Crippen molar-refractivity contribution in [1.29, 1.82) is 0 Å². The van der Waals surface area contributed by atoms with Gasteiger partial charge < -0.3 is 15.4 Å². The first-order valence-electron chi connectivity index (χ1n) is 12.8. The van der Waals surface area contributed by atoms with E-state index in [0.717, 1.165) is 30.3 Å². The third-order valence-electron chi connectivity index (χ3n) is 5.70. The van der Waals surface area contributed by atoms with Gasteiger partial charge in [0.15, 0.2) is 0 Å². The molecule has 0 fully saturated rings. The fourth-order valence-electron chi connectivity index (χ4n) is 3.70. The number of aldehydes is 1. The van der Waals surface area contributed by atoms with E-state index in [1.54, 1.807) is 6.92 Å². The molecule has 3 unspecified atom stereocenters. The molecule has 0 aliphatic heterocycles. The number of hydrogen-bond acceptors (Lipinski definition) is 3. The SMILES string of the molecule is C#C.CC.CC(C=O)NC(=O)C(C1=CCCC=C1)c1ccccc1.CCC(C)c1ccccc1NC. The molecular weight excluding hydrogens is 444 g/mol. The summed E-state index contributed by atoms with van der Waals surface area (Å²) in [7, 11) is 1.97. The number of allylic oxidation sites excluding steroid dienone is 3. The van der Waals surface area contributed by atoms with Crippen molar-refractivity contribution < 1.29 is 9.59 Å². The lowest BCUT2D eigenvalue weighted by Crippen LogP contribution is -2.37. The number of nitrogens with one attached hydrogen (secondary N) is 2. The maximum absolute atomic E-state index is 12.5. The highest BCUT2D eigenvalue weighted by atomic mass is 16.2. The second-order valence-corrected chi connectivity index (χ2v) is 8.11. The van der Waals surface area contributed by atoms with Gasteiger partial charge in [-0.3, -0.25) is 4.79 Å². The summed E-state index contributed by atoms with van der Waals surface area (Å²) in [6, 6.07) is 17.7. The third kappa shape index (κ3) is 10.8. The molecule has 0 saturated carbocycles. The van der Waals surface area contributed by atoms with Gasteiger partial charge in [0.05, 0.1) is 12.0 Å². The Balaban J connectivity index is 0.000000655. The van der Waals surface area contributed by atoms with Crippen LogP contribution in [0.4, 0.5) is 5.69 Å². The van der Waals surface area contributed by atoms with Gasteiger partial charge in [0.25, 0.3) is 0 Å². The predicted octanol–water partition coefficient (Wildman–Crippen LogP) is 7.27. The van der Waals surface area contributed by atoms with E-state index < -0.39 is 6.04 Å². The Morgan fingerprint density at radius 2 is 1.61 bits per heavy atom. The van der Waals surface area contributed by atoms with E-state index in [9.17, 15) is 9.59 Å². The van der Waals surface area contributed by atoms with Crippen LogP contribution in [0.15, 0.2) is 78.4 Å². The molecule has 0 radical (unpaired) electrons. The molecule has 3 rings (SSSR count). The molecular formula is C32H44N2O2. The summed E-state index contributed by atoms with van der Waals surface area (Å²) in [5.74, 6) is 0.164. The summed E-state index contributed by atoms with van der Waals surface area (Å²) in [4.78, 5) is 23.2. The van der Waals surface area contributed by atoms with Gasteiger partial charge in [-0.15, -0.1) is 12.8 Å². The Hall–Kier alpha value is -3.58. The van der Waals surface area contributed by atoms with E-state index >= 15 is 0 Å². The smallest absolute Gasteiger partial charge is 0.232 e. The van der Waals surface area contributed by atoms with Crippen LogP contribution in [0.3, 0.4) is 0 Å². The summed E-state index contributed by atoms with van der Waals surface area (Å²) in [5, 5.41) is 5.95. The van der Waals surface area contributed by atoms with Crippen LogP contribution in [-0.4, -0.2) is 25.3 Å². The highest BCUT2D eigenvalue weighted by Gasteiger charge is 2.24. The first-order valence-corrected chi connectivity index (χ1v) is 12.8. The van der Waals surface area contributed by atoms with Gasteiger partial charge in [0.1, 0.15) is 6.29 Å². The van der Waals surface area contributed by atoms with E-state index in [0.29, 0.717) is 5.92 Å². The molecule has 0 heterocycles. The molecule has 4 nitrogen and oxygen atoms in total. The standard InChI is InChI=1S/C17H19NO2.C11H17N.C2H6.C2H2/c1-13(12-19)18-17(20)16(14-8-4-2-5-9-14)15-10-6-3-7-11-15;1-4-9(2)10-7-5-6-8-11(10)12-3;2*1-2/h2,4-6,8-13,16H,3,7H2,1H3,(H,18,20);5-9,12H,4H2,1-3H3;1-2H3;1-2H. The van der Waals surface area contributed by atoms with E-state index in [4.69, 9.17) is 0 Å². The van der Waals surface area contributed by atoms with Gasteiger partial charge in [-0.25, -0.2) is 0 Å². The molecule has 4 heteroatoms. The molecule has 36 heavy (non-hydrogen) atoms. The summed E-state index contributed by atoms with van der Waals surface area (Å²) in [6.07, 6.45) is 18.1. The second kappa shape index (κ2) is 19.7. The van der Waals surface area contributed by atoms with Crippen molar-refractivity contribution in [2.75, 3.05) is 12.4 Å². The summed E-state index contributed by atoms with van der Waals surface area (Å²) in [5.41, 5.74) is 4.62. The monoisotopic (exact) mass is 488 g/mol. The summed E-state index contributed by atoms with van der Waals surface area (Å²) < 4.78 is 0. The Morgan fingerprint density at radius 1 is 1.00 bits per heavy atom. The topological polar surface area (TPSA) is 58.2 Å². The Kier molecular flexibility index (Phi) is 17.7. The van der Waals surface area contributed by atoms with E-state index in [1.165, 1.54) is 17.7 Å². The first-order chi connectivity index (χ1) is 17.5. The Labute approximate surface area is 219 Å². The lowest BCUT2D eigenvalue weighted by molar-refractivity contribution is -0.124. The van der Waals surface area contributed by atoms with Crippen molar-refractivity contribution in [3.63, 3.8) is 0 Å². The first kappa shape index (κ1) is 32.4. The average molecular weight is 489 g/mol. The molecule has 1 aliphatic rings. The van der Waals surface area contributed by atoms with Crippen LogP contribution in [0.2, 0.25) is 0 Å². The number of benzene rings is 2. The van der Waals surface area contributed by atoms with E-state index in [1.807, 2.05) is 57.3 Å². The maximum atomic E-state index is 12.5. The van der Waals surface area contributed by atoms with Crippen LogP contribution < -0.4 is 10.6 Å². The van der Waals surface area contributed by atoms with Crippen LogP contribution in [0.25, 0.3) is 0 Å². The largest absolute Gasteiger partial charge is 0.388 e. The minimum Gasteiger partial charge on any atom is -0.388 e. The van der Waals surface area contributed by atoms with Crippen LogP contribution in [0, 0.1) is 12.8 Å². The molecule has 3 atom stereocenters. The average Bonchev–Trinajstić information content (AvgIpc) is 2.96. The molecule has 0 bridgehead atoms. The zero-order valence-corrected chi connectivity index (χ0v) is 22.8. The quantitative estimate of drug-likeness (QED) is 0.303. The number of carbonyl (C=O) groups is 2. The molecule has 1 aliphatic carbocycles. The van der Waals surface area contributed by atoms with Crippen molar-refractivity contribution in [3.8, 4) is 12.8 Å². The van der Waals surface area contributed by atoms with Crippen LogP contribution >= 0.6 is 0 Å². The fraction of sp³-hybridized carbons (Fsp3) is 0.375.